The van der Waals surface area contributed by atoms with Crippen LogP contribution in [0.1, 0.15) is 11.4 Å². The highest BCUT2D eigenvalue weighted by molar-refractivity contribution is 8.00. The summed E-state index contributed by atoms with van der Waals surface area (Å²) in [5.41, 5.74) is 3.42. The molecule has 0 aliphatic rings. The van der Waals surface area contributed by atoms with Crippen LogP contribution in [0.4, 0.5) is 5.69 Å². The van der Waals surface area contributed by atoms with Crippen molar-refractivity contribution in [2.45, 2.75) is 18.7 Å². The quantitative estimate of drug-likeness (QED) is 0.650. The molecule has 1 amide bonds. The zero-order chi connectivity index (χ0) is 17.8. The predicted molar refractivity (Wildman–Crippen MR) is 104 cm³/mol. The third-order valence-electron chi connectivity index (χ3n) is 3.75. The summed E-state index contributed by atoms with van der Waals surface area (Å²) in [5, 5.41) is 8.17. The number of hydrogen-bond donors (Lipinski definition) is 1. The smallest absolute Gasteiger partial charge is 0.234 e. The second-order valence-corrected chi connectivity index (χ2v) is 6.98. The van der Waals surface area contributed by atoms with Gasteiger partial charge in [-0.15, -0.1) is 11.8 Å². The van der Waals surface area contributed by atoms with Gasteiger partial charge in [0.05, 0.1) is 33.5 Å². The fourth-order valence-corrected chi connectivity index (χ4v) is 3.56. The number of amides is 1. The maximum absolute atomic E-state index is 12.3. The SMILES string of the molecule is Cc1nn(-c2ccccc2)c(C)c1NC(=O)CSc1ccccc1Cl. The molecule has 128 valence electrons. The van der Waals surface area contributed by atoms with E-state index < -0.39 is 0 Å². The van der Waals surface area contributed by atoms with Crippen LogP contribution in [0.5, 0.6) is 0 Å². The van der Waals surface area contributed by atoms with Gasteiger partial charge < -0.3 is 5.32 Å². The molecule has 4 nitrogen and oxygen atoms in total. The van der Waals surface area contributed by atoms with Gasteiger partial charge in [-0.2, -0.15) is 5.10 Å². The summed E-state index contributed by atoms with van der Waals surface area (Å²) in [4.78, 5) is 13.2. The lowest BCUT2D eigenvalue weighted by Gasteiger charge is -2.07. The topological polar surface area (TPSA) is 46.9 Å². The van der Waals surface area contributed by atoms with E-state index in [1.54, 1.807) is 0 Å². The Hall–Kier alpha value is -2.24. The molecule has 0 saturated carbocycles. The number of benzene rings is 2. The Morgan fingerprint density at radius 2 is 1.80 bits per heavy atom. The molecular formula is C19H18ClN3OS. The van der Waals surface area contributed by atoms with E-state index in [2.05, 4.69) is 10.4 Å². The van der Waals surface area contributed by atoms with Crippen molar-refractivity contribution in [3.05, 3.63) is 71.0 Å². The summed E-state index contributed by atoms with van der Waals surface area (Å²) in [7, 11) is 0. The number of nitrogens with zero attached hydrogens (tertiary/aromatic N) is 2. The molecule has 6 heteroatoms. The second-order valence-electron chi connectivity index (χ2n) is 5.56. The van der Waals surface area contributed by atoms with Gasteiger partial charge in [-0.05, 0) is 38.1 Å². The van der Waals surface area contributed by atoms with Crippen molar-refractivity contribution in [1.82, 2.24) is 9.78 Å². The maximum Gasteiger partial charge on any atom is 0.234 e. The van der Waals surface area contributed by atoms with E-state index in [0.29, 0.717) is 10.8 Å². The molecule has 0 aliphatic carbocycles. The van der Waals surface area contributed by atoms with Crippen molar-refractivity contribution in [3.63, 3.8) is 0 Å². The van der Waals surface area contributed by atoms with Gasteiger partial charge in [0.2, 0.25) is 5.91 Å². The minimum Gasteiger partial charge on any atom is -0.322 e. The number of hydrogen-bond acceptors (Lipinski definition) is 3. The lowest BCUT2D eigenvalue weighted by molar-refractivity contribution is -0.113. The monoisotopic (exact) mass is 371 g/mol. The van der Waals surface area contributed by atoms with Crippen molar-refractivity contribution >= 4 is 35.0 Å². The summed E-state index contributed by atoms with van der Waals surface area (Å²) in [6.45, 7) is 3.84. The van der Waals surface area contributed by atoms with E-state index in [-0.39, 0.29) is 5.91 Å². The van der Waals surface area contributed by atoms with Crippen LogP contribution in [-0.4, -0.2) is 21.4 Å². The molecule has 0 aliphatic heterocycles. The molecule has 0 radical (unpaired) electrons. The van der Waals surface area contributed by atoms with E-state index in [4.69, 9.17) is 11.6 Å². The van der Waals surface area contributed by atoms with Crippen LogP contribution in [0.25, 0.3) is 5.69 Å². The Balaban J connectivity index is 1.72. The molecule has 2 aromatic carbocycles. The van der Waals surface area contributed by atoms with Crippen LogP contribution in [0.2, 0.25) is 5.02 Å². The van der Waals surface area contributed by atoms with Crippen LogP contribution in [0.3, 0.4) is 0 Å². The van der Waals surface area contributed by atoms with Crippen molar-refractivity contribution in [3.8, 4) is 5.69 Å². The fraction of sp³-hybridized carbons (Fsp3) is 0.158. The number of thioether (sulfide) groups is 1. The van der Waals surface area contributed by atoms with Crippen LogP contribution in [0, 0.1) is 13.8 Å². The minimum atomic E-state index is -0.0799. The maximum atomic E-state index is 12.3. The number of rotatable bonds is 5. The second kappa shape index (κ2) is 7.76. The number of halogens is 1. The van der Waals surface area contributed by atoms with Crippen LogP contribution in [-0.2, 0) is 4.79 Å². The summed E-state index contributed by atoms with van der Waals surface area (Å²) in [6.07, 6.45) is 0. The largest absolute Gasteiger partial charge is 0.322 e. The van der Waals surface area contributed by atoms with E-state index >= 15 is 0 Å². The number of anilines is 1. The van der Waals surface area contributed by atoms with Crippen LogP contribution in [0.15, 0.2) is 59.5 Å². The highest BCUT2D eigenvalue weighted by Crippen LogP contribution is 2.27. The summed E-state index contributed by atoms with van der Waals surface area (Å²) in [5.74, 6) is 0.211. The van der Waals surface area contributed by atoms with Gasteiger partial charge in [-0.25, -0.2) is 4.68 Å². The van der Waals surface area contributed by atoms with Crippen molar-refractivity contribution in [2.24, 2.45) is 0 Å². The molecule has 0 spiro atoms. The Kier molecular flexibility index (Phi) is 5.46. The van der Waals surface area contributed by atoms with Crippen LogP contribution < -0.4 is 5.32 Å². The third-order valence-corrected chi connectivity index (χ3v) is 5.27. The Morgan fingerprint density at radius 1 is 1.12 bits per heavy atom. The number of aromatic nitrogens is 2. The van der Waals surface area contributed by atoms with E-state index in [9.17, 15) is 4.79 Å². The molecule has 0 bridgehead atoms. The Bertz CT molecular complexity index is 893. The van der Waals surface area contributed by atoms with Gasteiger partial charge in [0.1, 0.15) is 0 Å². The molecular weight excluding hydrogens is 354 g/mol. The highest BCUT2D eigenvalue weighted by Gasteiger charge is 2.15. The minimum absolute atomic E-state index is 0.0799. The van der Waals surface area contributed by atoms with Gasteiger partial charge in [-0.3, -0.25) is 4.79 Å². The average Bonchev–Trinajstić information content (AvgIpc) is 2.90. The molecule has 1 aromatic heterocycles. The van der Waals surface area contributed by atoms with E-state index in [0.717, 1.165) is 27.7 Å². The number of nitrogens with one attached hydrogen (secondary N) is 1. The van der Waals surface area contributed by atoms with Crippen LogP contribution >= 0.6 is 23.4 Å². The molecule has 3 aromatic rings. The lowest BCUT2D eigenvalue weighted by Crippen LogP contribution is -2.15. The van der Waals surface area contributed by atoms with Gasteiger partial charge in [0.25, 0.3) is 0 Å². The Morgan fingerprint density at radius 3 is 2.52 bits per heavy atom. The van der Waals surface area contributed by atoms with Crippen molar-refractivity contribution in [2.75, 3.05) is 11.1 Å². The average molecular weight is 372 g/mol. The third kappa shape index (κ3) is 4.06. The zero-order valence-electron chi connectivity index (χ0n) is 14.0. The molecule has 0 fully saturated rings. The molecule has 1 heterocycles. The zero-order valence-corrected chi connectivity index (χ0v) is 15.6. The molecule has 0 unspecified atom stereocenters. The molecule has 0 saturated heterocycles. The summed E-state index contributed by atoms with van der Waals surface area (Å²) < 4.78 is 1.84. The molecule has 25 heavy (non-hydrogen) atoms. The fourth-order valence-electron chi connectivity index (χ4n) is 2.52. The summed E-state index contributed by atoms with van der Waals surface area (Å²) >= 11 is 7.54. The van der Waals surface area contributed by atoms with Crippen molar-refractivity contribution in [1.29, 1.82) is 0 Å². The van der Waals surface area contributed by atoms with Gasteiger partial charge in [-0.1, -0.05) is 41.9 Å². The molecule has 1 N–H and O–H groups in total. The first-order valence-electron chi connectivity index (χ1n) is 7.85. The standard InChI is InChI=1S/C19H18ClN3OS/c1-13-19(14(2)23(22-13)15-8-4-3-5-9-15)21-18(24)12-25-17-11-7-6-10-16(17)20/h3-11H,12H2,1-2H3,(H,21,24). The Labute approximate surface area is 156 Å². The van der Waals surface area contributed by atoms with Crippen molar-refractivity contribution < 1.29 is 4.79 Å². The first-order valence-corrected chi connectivity index (χ1v) is 9.21. The first kappa shape index (κ1) is 17.6. The van der Waals surface area contributed by atoms with Gasteiger partial charge >= 0.3 is 0 Å². The molecule has 0 atom stereocenters. The number of aryl methyl sites for hydroxylation is 1. The lowest BCUT2D eigenvalue weighted by atomic mass is 10.3. The normalized spacial score (nSPS) is 10.7. The van der Waals surface area contributed by atoms with E-state index in [1.165, 1.54) is 11.8 Å². The van der Waals surface area contributed by atoms with Gasteiger partial charge in [0.15, 0.2) is 0 Å². The molecule has 3 rings (SSSR count). The van der Waals surface area contributed by atoms with Gasteiger partial charge in [0, 0.05) is 4.90 Å². The highest BCUT2D eigenvalue weighted by atomic mass is 35.5. The predicted octanol–water partition coefficient (Wildman–Crippen LogP) is 4.87. The first-order chi connectivity index (χ1) is 12.1. The number of para-hydroxylation sites is 1. The number of carbonyl (C=O) groups excluding carboxylic acids is 1. The summed E-state index contributed by atoms with van der Waals surface area (Å²) in [6, 6.07) is 17.4. The number of carbonyl (C=O) groups is 1. The van der Waals surface area contributed by atoms with E-state index in [1.807, 2.05) is 73.1 Å².